The van der Waals surface area contributed by atoms with Crippen molar-refractivity contribution in [3.05, 3.63) is 51.4 Å². The van der Waals surface area contributed by atoms with Gasteiger partial charge in [-0.25, -0.2) is 0 Å². The number of aliphatic hydroxyl groups is 2. The lowest BCUT2D eigenvalue weighted by Crippen LogP contribution is -2.44. The van der Waals surface area contributed by atoms with Gasteiger partial charge in [-0.3, -0.25) is 14.3 Å². The van der Waals surface area contributed by atoms with Gasteiger partial charge in [0.25, 0.3) is 5.91 Å². The summed E-state index contributed by atoms with van der Waals surface area (Å²) in [7, 11) is 1.36. The number of esters is 1. The molecule has 0 saturated heterocycles. The smallest absolute Gasteiger partial charge is 0.305 e. The maximum atomic E-state index is 13.4. The molecule has 2 heterocycles. The van der Waals surface area contributed by atoms with Gasteiger partial charge >= 0.3 is 5.97 Å². The van der Waals surface area contributed by atoms with Crippen LogP contribution in [0.4, 0.5) is 5.69 Å². The van der Waals surface area contributed by atoms with Crippen LogP contribution in [0.5, 0.6) is 0 Å². The lowest BCUT2D eigenvalue weighted by molar-refractivity contribution is -0.140. The normalized spacial score (nSPS) is 18.5. The molecule has 34 heavy (non-hydrogen) atoms. The number of nitrogens with zero attached hydrogens (tertiary/aromatic N) is 4. The molecule has 2 aromatic rings. The van der Waals surface area contributed by atoms with E-state index in [1.165, 1.54) is 7.11 Å². The Bertz CT molecular complexity index is 1040. The predicted molar refractivity (Wildman–Crippen MR) is 135 cm³/mol. The minimum absolute atomic E-state index is 0.0332. The maximum absolute atomic E-state index is 13.4. The summed E-state index contributed by atoms with van der Waals surface area (Å²) in [5.41, 5.74) is 0.407. The molecule has 0 fully saturated rings. The number of hydrogen-bond acceptors (Lipinski definition) is 7. The van der Waals surface area contributed by atoms with E-state index in [1.807, 2.05) is 37.3 Å². The zero-order chi connectivity index (χ0) is 24.7. The van der Waals surface area contributed by atoms with E-state index in [9.17, 15) is 14.7 Å². The Labute approximate surface area is 212 Å². The van der Waals surface area contributed by atoms with Gasteiger partial charge in [0.15, 0.2) is 5.60 Å². The van der Waals surface area contributed by atoms with Gasteiger partial charge in [-0.05, 0) is 60.1 Å². The first kappa shape index (κ1) is 26.3. The van der Waals surface area contributed by atoms with Crippen LogP contribution in [-0.2, 0) is 32.9 Å². The number of aliphatic hydroxyl groups excluding tert-OH is 1. The zero-order valence-corrected chi connectivity index (χ0v) is 21.6. The Hall–Kier alpha value is -2.31. The van der Waals surface area contributed by atoms with Gasteiger partial charge in [-0.2, -0.15) is 0 Å². The van der Waals surface area contributed by atoms with Gasteiger partial charge in [-0.1, -0.05) is 24.3 Å². The van der Waals surface area contributed by atoms with Gasteiger partial charge in [0.2, 0.25) is 0 Å². The largest absolute Gasteiger partial charge is 0.469 e. The van der Waals surface area contributed by atoms with Gasteiger partial charge in [0.1, 0.15) is 0 Å². The highest BCUT2D eigenvalue weighted by molar-refractivity contribution is 14.1. The van der Waals surface area contributed by atoms with Crippen molar-refractivity contribution in [3.8, 4) is 0 Å². The van der Waals surface area contributed by atoms with Crippen molar-refractivity contribution in [1.29, 1.82) is 0 Å². The number of halogens is 1. The Morgan fingerprint density at radius 1 is 1.32 bits per heavy atom. The first-order valence-electron chi connectivity index (χ1n) is 11.4. The van der Waals surface area contributed by atoms with Crippen molar-refractivity contribution >= 4 is 40.2 Å². The topological polar surface area (TPSA) is 118 Å². The number of allylic oxidation sites excluding steroid dienone is 1. The summed E-state index contributed by atoms with van der Waals surface area (Å²) in [6, 6.07) is 5.66. The molecule has 0 spiro atoms. The van der Waals surface area contributed by atoms with E-state index < -0.39 is 11.5 Å². The molecule has 1 aromatic carbocycles. The third kappa shape index (κ3) is 5.84. The monoisotopic (exact) mass is 582 g/mol. The van der Waals surface area contributed by atoms with Crippen LogP contribution < -0.4 is 4.90 Å². The van der Waals surface area contributed by atoms with Crippen LogP contribution in [-0.4, -0.2) is 57.3 Å². The highest BCUT2D eigenvalue weighted by atomic mass is 127. The quantitative estimate of drug-likeness (QED) is 0.171. The van der Waals surface area contributed by atoms with Gasteiger partial charge < -0.3 is 19.8 Å². The molecule has 1 amide bonds. The van der Waals surface area contributed by atoms with Gasteiger partial charge in [-0.15, -0.1) is 5.10 Å². The molecule has 3 rings (SSSR count). The molecule has 0 aliphatic carbocycles. The van der Waals surface area contributed by atoms with Crippen LogP contribution in [0.25, 0.3) is 0 Å². The highest BCUT2D eigenvalue weighted by Gasteiger charge is 2.52. The number of methoxy groups -OCH3 is 1. The molecule has 9 nitrogen and oxygen atoms in total. The first-order chi connectivity index (χ1) is 16.3. The Morgan fingerprint density at radius 2 is 2.12 bits per heavy atom. The van der Waals surface area contributed by atoms with E-state index in [-0.39, 0.29) is 18.5 Å². The Morgan fingerprint density at radius 3 is 2.85 bits per heavy atom. The van der Waals surface area contributed by atoms with E-state index in [0.29, 0.717) is 56.4 Å². The van der Waals surface area contributed by atoms with Crippen molar-refractivity contribution in [2.75, 3.05) is 25.2 Å². The van der Waals surface area contributed by atoms with Crippen LogP contribution >= 0.6 is 22.6 Å². The lowest BCUT2D eigenvalue weighted by atomic mass is 9.83. The second-order valence-corrected chi connectivity index (χ2v) is 9.62. The molecule has 0 radical (unpaired) electrons. The van der Waals surface area contributed by atoms with Crippen molar-refractivity contribution < 1.29 is 24.5 Å². The average molecular weight is 582 g/mol. The number of rotatable bonds is 12. The minimum atomic E-state index is -1.66. The number of amides is 1. The molecule has 1 aliphatic heterocycles. The molecule has 1 aromatic heterocycles. The van der Waals surface area contributed by atoms with Gasteiger partial charge in [0.05, 0.1) is 18.5 Å². The lowest BCUT2D eigenvalue weighted by Gasteiger charge is -2.27. The molecule has 2 atom stereocenters. The second kappa shape index (κ2) is 11.9. The molecule has 0 saturated carbocycles. The van der Waals surface area contributed by atoms with Crippen LogP contribution in [0, 0.1) is 9.49 Å². The molecule has 0 bridgehead atoms. The highest BCUT2D eigenvalue weighted by Crippen LogP contribution is 2.45. The third-order valence-corrected chi connectivity index (χ3v) is 6.71. The average Bonchev–Trinajstić information content (AvgIpc) is 3.36. The number of benzene rings is 1. The van der Waals surface area contributed by atoms with Crippen molar-refractivity contribution in [3.63, 3.8) is 0 Å². The summed E-state index contributed by atoms with van der Waals surface area (Å²) >= 11 is 2.18. The number of hydrogen-bond donors (Lipinski definition) is 2. The summed E-state index contributed by atoms with van der Waals surface area (Å²) in [6.45, 7) is 2.90. The zero-order valence-electron chi connectivity index (χ0n) is 19.5. The molecule has 10 heteroatoms. The second-order valence-electron chi connectivity index (χ2n) is 8.37. The van der Waals surface area contributed by atoms with E-state index in [4.69, 9.17) is 5.11 Å². The van der Waals surface area contributed by atoms with Crippen LogP contribution in [0.3, 0.4) is 0 Å². The summed E-state index contributed by atoms with van der Waals surface area (Å²) in [6.07, 6.45) is 8.28. The number of aromatic nitrogens is 3. The van der Waals surface area contributed by atoms with Gasteiger partial charge in [0, 0.05) is 53.8 Å². The number of carbonyl (C=O) groups is 2. The molecule has 1 aliphatic rings. The standard InChI is InChI=1S/C24H31IN4O5/c1-17(7-3-5-12-28-16-19(11-14-30)26-27-28)24(33)20-15-18(25)9-10-21(20)29(23(24)32)13-6-4-8-22(31)34-2/h3,7,9-10,15-17,30,33H,4-6,8,11-14H2,1-2H3/b7-3+/t17-,24+/m1/s1. The summed E-state index contributed by atoms with van der Waals surface area (Å²) in [4.78, 5) is 26.5. The Kier molecular flexibility index (Phi) is 9.20. The van der Waals surface area contributed by atoms with E-state index >= 15 is 0 Å². The van der Waals surface area contributed by atoms with Crippen molar-refractivity contribution in [2.24, 2.45) is 5.92 Å². The number of aryl methyl sites for hydroxylation is 1. The third-order valence-electron chi connectivity index (χ3n) is 6.03. The fourth-order valence-corrected chi connectivity index (χ4v) is 4.60. The number of ether oxygens (including phenoxy) is 1. The summed E-state index contributed by atoms with van der Waals surface area (Å²) < 4.78 is 7.33. The van der Waals surface area contributed by atoms with E-state index in [2.05, 4.69) is 37.6 Å². The molecular formula is C24H31IN4O5. The number of fused-ring (bicyclic) bond motifs is 1. The van der Waals surface area contributed by atoms with Crippen LogP contribution in [0.1, 0.15) is 43.9 Å². The SMILES string of the molecule is COC(=O)CCCCN1C(=O)[C@](O)([C@H](C)/C=C/CCn2cc(CCO)nn2)c2cc(I)ccc21. The molecule has 2 N–H and O–H groups in total. The fourth-order valence-electron chi connectivity index (χ4n) is 4.11. The number of anilines is 1. The first-order valence-corrected chi connectivity index (χ1v) is 12.5. The van der Waals surface area contributed by atoms with E-state index in [0.717, 1.165) is 9.26 Å². The summed E-state index contributed by atoms with van der Waals surface area (Å²) in [5, 5.41) is 28.7. The van der Waals surface area contributed by atoms with E-state index in [1.54, 1.807) is 15.8 Å². The van der Waals surface area contributed by atoms with Crippen molar-refractivity contribution in [1.82, 2.24) is 15.0 Å². The maximum Gasteiger partial charge on any atom is 0.305 e. The minimum Gasteiger partial charge on any atom is -0.469 e. The fraction of sp³-hybridized carbons (Fsp3) is 0.500. The molecule has 184 valence electrons. The number of unbranched alkanes of at least 4 members (excludes halogenated alkanes) is 1. The van der Waals surface area contributed by atoms with Crippen molar-refractivity contribution in [2.45, 2.75) is 51.2 Å². The Balaban J connectivity index is 1.68. The molecular weight excluding hydrogens is 551 g/mol. The summed E-state index contributed by atoms with van der Waals surface area (Å²) in [5.74, 6) is -1.06. The number of carbonyl (C=O) groups excluding carboxylic acids is 2. The molecule has 0 unspecified atom stereocenters. The van der Waals surface area contributed by atoms with Crippen LogP contribution in [0.15, 0.2) is 36.5 Å². The van der Waals surface area contributed by atoms with Crippen LogP contribution in [0.2, 0.25) is 0 Å². The predicted octanol–water partition coefficient (Wildman–Crippen LogP) is 2.58.